The summed E-state index contributed by atoms with van der Waals surface area (Å²) in [7, 11) is 1.51. The molecule has 1 heterocycles. The Morgan fingerprint density at radius 1 is 0.947 bits per heavy atom. The van der Waals surface area contributed by atoms with Gasteiger partial charge in [0.25, 0.3) is 5.90 Å². The normalized spacial score (nSPS) is 17.3. The Morgan fingerprint density at radius 3 is 2.37 bits per heavy atom. The first kappa shape index (κ1) is 11.5. The Hall–Kier alpha value is -2.55. The van der Waals surface area contributed by atoms with Crippen LogP contribution in [0.4, 0.5) is 0 Å². The van der Waals surface area contributed by atoms with Gasteiger partial charge in [-0.05, 0) is 22.9 Å². The smallest absolute Gasteiger partial charge is 0.263 e. The van der Waals surface area contributed by atoms with Crippen molar-refractivity contribution in [3.8, 4) is 0 Å². The van der Waals surface area contributed by atoms with Crippen molar-refractivity contribution in [2.45, 2.75) is 0 Å². The molecule has 0 aliphatic carbocycles. The van der Waals surface area contributed by atoms with Crippen molar-refractivity contribution in [1.29, 1.82) is 0 Å². The number of benzene rings is 2. The van der Waals surface area contributed by atoms with Crippen LogP contribution in [-0.2, 0) is 9.57 Å². The van der Waals surface area contributed by atoms with E-state index in [0.29, 0.717) is 5.90 Å². The maximum absolute atomic E-state index is 5.76. The highest BCUT2D eigenvalue weighted by molar-refractivity contribution is 6.08. The van der Waals surface area contributed by atoms with Gasteiger partial charge in [-0.3, -0.25) is 0 Å². The molecule has 0 saturated carbocycles. The molecule has 3 nitrogen and oxygen atoms in total. The van der Waals surface area contributed by atoms with Crippen LogP contribution in [0.3, 0.4) is 0 Å². The average molecular weight is 251 g/mol. The van der Waals surface area contributed by atoms with Crippen molar-refractivity contribution in [2.75, 3.05) is 7.11 Å². The molecule has 0 amide bonds. The molecule has 1 aliphatic heterocycles. The Balaban J connectivity index is 2.06. The Labute approximate surface area is 111 Å². The lowest BCUT2D eigenvalue weighted by Gasteiger charge is -1.99. The van der Waals surface area contributed by atoms with E-state index in [0.717, 1.165) is 22.4 Å². The van der Waals surface area contributed by atoms with Crippen LogP contribution >= 0.6 is 0 Å². The molecule has 19 heavy (non-hydrogen) atoms. The summed E-state index contributed by atoms with van der Waals surface area (Å²) in [5.74, 6) is 1.29. The van der Waals surface area contributed by atoms with Crippen molar-refractivity contribution in [2.24, 2.45) is 5.16 Å². The fraction of sp³-hybridized carbons (Fsp3) is 0.0625. The highest BCUT2D eigenvalue weighted by atomic mass is 16.6. The molecule has 0 saturated heterocycles. The Bertz CT molecular complexity index is 645. The molecule has 0 N–H and O–H groups in total. The summed E-state index contributed by atoms with van der Waals surface area (Å²) in [6, 6.07) is 18.0. The third-order valence-corrected chi connectivity index (χ3v) is 2.90. The van der Waals surface area contributed by atoms with Gasteiger partial charge in [0.15, 0.2) is 0 Å². The van der Waals surface area contributed by atoms with Crippen LogP contribution in [0.25, 0.3) is 11.8 Å². The van der Waals surface area contributed by atoms with E-state index in [1.54, 1.807) is 0 Å². The number of rotatable bonds is 2. The molecule has 0 spiro atoms. The standard InChI is InChI=1S/C16H13NO2/c1-18-17-16-14-10-6-5-9-13(14)15(19-16)11-12-7-3-2-4-8-12/h2-11H,1H3/b15-11-,17-16-. The zero-order chi connectivity index (χ0) is 13.1. The topological polar surface area (TPSA) is 30.8 Å². The predicted molar refractivity (Wildman–Crippen MR) is 75.4 cm³/mol. The lowest BCUT2D eigenvalue weighted by Crippen LogP contribution is -1.97. The molecule has 0 aromatic heterocycles. The second-order valence-electron chi connectivity index (χ2n) is 4.15. The molecule has 1 aliphatic rings. The van der Waals surface area contributed by atoms with Crippen molar-refractivity contribution in [3.05, 3.63) is 71.3 Å². The van der Waals surface area contributed by atoms with Crippen molar-refractivity contribution in [1.82, 2.24) is 0 Å². The molecular weight excluding hydrogens is 238 g/mol. The van der Waals surface area contributed by atoms with Crippen molar-refractivity contribution >= 4 is 17.7 Å². The van der Waals surface area contributed by atoms with Gasteiger partial charge in [-0.25, -0.2) is 0 Å². The van der Waals surface area contributed by atoms with Gasteiger partial charge in [0.05, 0.1) is 5.56 Å². The molecule has 0 atom stereocenters. The average Bonchev–Trinajstić information content (AvgIpc) is 2.79. The minimum atomic E-state index is 0.500. The maximum Gasteiger partial charge on any atom is 0.263 e. The molecule has 0 radical (unpaired) electrons. The van der Waals surface area contributed by atoms with Gasteiger partial charge in [0, 0.05) is 5.56 Å². The zero-order valence-corrected chi connectivity index (χ0v) is 10.5. The minimum Gasteiger partial charge on any atom is -0.435 e. The van der Waals surface area contributed by atoms with Gasteiger partial charge in [0.1, 0.15) is 12.9 Å². The third-order valence-electron chi connectivity index (χ3n) is 2.90. The zero-order valence-electron chi connectivity index (χ0n) is 10.5. The van der Waals surface area contributed by atoms with Crippen LogP contribution in [0.2, 0.25) is 0 Å². The first-order valence-electron chi connectivity index (χ1n) is 6.04. The number of ether oxygens (including phenoxy) is 1. The summed E-state index contributed by atoms with van der Waals surface area (Å²) < 4.78 is 5.76. The van der Waals surface area contributed by atoms with E-state index in [2.05, 4.69) is 5.16 Å². The van der Waals surface area contributed by atoms with Crippen LogP contribution < -0.4 is 0 Å². The van der Waals surface area contributed by atoms with Crippen LogP contribution in [0.5, 0.6) is 0 Å². The Morgan fingerprint density at radius 2 is 1.63 bits per heavy atom. The molecule has 3 rings (SSSR count). The Kier molecular flexibility index (Phi) is 3.02. The first-order valence-corrected chi connectivity index (χ1v) is 6.04. The second kappa shape index (κ2) is 4.98. The van der Waals surface area contributed by atoms with Crippen LogP contribution in [0.15, 0.2) is 59.8 Å². The van der Waals surface area contributed by atoms with Gasteiger partial charge >= 0.3 is 0 Å². The van der Waals surface area contributed by atoms with Crippen molar-refractivity contribution < 1.29 is 9.57 Å². The molecule has 3 heteroatoms. The molecule has 2 aromatic carbocycles. The monoisotopic (exact) mass is 251 g/mol. The van der Waals surface area contributed by atoms with Crippen LogP contribution in [0.1, 0.15) is 16.7 Å². The molecular formula is C16H13NO2. The summed E-state index contributed by atoms with van der Waals surface area (Å²) in [6.45, 7) is 0. The highest BCUT2D eigenvalue weighted by Gasteiger charge is 2.24. The second-order valence-corrected chi connectivity index (χ2v) is 4.15. The van der Waals surface area contributed by atoms with E-state index in [-0.39, 0.29) is 0 Å². The van der Waals surface area contributed by atoms with E-state index in [1.165, 1.54) is 7.11 Å². The van der Waals surface area contributed by atoms with Gasteiger partial charge in [-0.15, -0.1) is 0 Å². The van der Waals surface area contributed by atoms with Gasteiger partial charge in [-0.1, -0.05) is 48.5 Å². The van der Waals surface area contributed by atoms with E-state index >= 15 is 0 Å². The number of hydrogen-bond donors (Lipinski definition) is 0. The van der Waals surface area contributed by atoms with E-state index in [4.69, 9.17) is 9.57 Å². The molecule has 0 bridgehead atoms. The fourth-order valence-corrected chi connectivity index (χ4v) is 2.06. The third kappa shape index (κ3) is 2.22. The SMILES string of the molecule is CO/N=C1\O/C(=C\c2ccccc2)c2ccccc21. The summed E-state index contributed by atoms with van der Waals surface area (Å²) in [4.78, 5) is 4.82. The van der Waals surface area contributed by atoms with Gasteiger partial charge in [0.2, 0.25) is 0 Å². The first-order chi connectivity index (χ1) is 9.38. The highest BCUT2D eigenvalue weighted by Crippen LogP contribution is 2.31. The number of oxime groups is 1. The van der Waals surface area contributed by atoms with Crippen LogP contribution in [0, 0.1) is 0 Å². The van der Waals surface area contributed by atoms with Crippen LogP contribution in [-0.4, -0.2) is 13.0 Å². The van der Waals surface area contributed by atoms with E-state index in [9.17, 15) is 0 Å². The lowest BCUT2D eigenvalue weighted by atomic mass is 10.1. The van der Waals surface area contributed by atoms with E-state index in [1.807, 2.05) is 60.7 Å². The molecule has 0 fully saturated rings. The minimum absolute atomic E-state index is 0.500. The molecule has 0 unspecified atom stereocenters. The maximum atomic E-state index is 5.76. The fourth-order valence-electron chi connectivity index (χ4n) is 2.06. The van der Waals surface area contributed by atoms with E-state index < -0.39 is 0 Å². The quantitative estimate of drug-likeness (QED) is 0.764. The summed E-state index contributed by atoms with van der Waals surface area (Å²) in [5.41, 5.74) is 3.07. The number of fused-ring (bicyclic) bond motifs is 1. The van der Waals surface area contributed by atoms with Crippen molar-refractivity contribution in [3.63, 3.8) is 0 Å². The summed E-state index contributed by atoms with van der Waals surface area (Å²) >= 11 is 0. The predicted octanol–water partition coefficient (Wildman–Crippen LogP) is 3.52. The number of hydrogen-bond acceptors (Lipinski definition) is 3. The summed E-state index contributed by atoms with van der Waals surface area (Å²) in [6.07, 6.45) is 2.00. The largest absolute Gasteiger partial charge is 0.435 e. The molecule has 94 valence electrons. The lowest BCUT2D eigenvalue weighted by molar-refractivity contribution is 0.205. The van der Waals surface area contributed by atoms with Gasteiger partial charge in [-0.2, -0.15) is 0 Å². The van der Waals surface area contributed by atoms with Gasteiger partial charge < -0.3 is 9.57 Å². The summed E-state index contributed by atoms with van der Waals surface area (Å²) in [5, 5.41) is 3.91. The number of nitrogens with zero attached hydrogens (tertiary/aromatic N) is 1. The molecule has 2 aromatic rings.